The molecular weight excluding hydrogens is 221 g/mol. The Labute approximate surface area is 88.8 Å². The molecule has 5 atom stereocenters. The first-order valence-electron chi connectivity index (χ1n) is 4.85. The summed E-state index contributed by atoms with van der Waals surface area (Å²) in [7, 11) is -1.97. The maximum Gasteiger partial charge on any atom is 0.325 e. The number of nitrogens with one attached hydrogen (secondary N) is 1. The van der Waals surface area contributed by atoms with Crippen LogP contribution < -0.4 is 5.32 Å². The van der Waals surface area contributed by atoms with Gasteiger partial charge in [0, 0.05) is 19.1 Å². The van der Waals surface area contributed by atoms with E-state index in [1.165, 1.54) is 0 Å². The summed E-state index contributed by atoms with van der Waals surface area (Å²) in [6, 6.07) is -0.316. The maximum absolute atomic E-state index is 11.1. The van der Waals surface area contributed by atoms with Crippen molar-refractivity contribution in [2.45, 2.75) is 37.2 Å². The first kappa shape index (κ1) is 13.1. The second kappa shape index (κ2) is 4.91. The van der Waals surface area contributed by atoms with Gasteiger partial charge in [0.05, 0.1) is 12.2 Å². The predicted molar refractivity (Wildman–Crippen MR) is 54.7 cm³/mol. The zero-order chi connectivity index (χ0) is 11.6. The number of aliphatic hydroxyl groups excluding tert-OH is 2. The van der Waals surface area contributed by atoms with Gasteiger partial charge in [0.25, 0.3) is 0 Å². The van der Waals surface area contributed by atoms with Gasteiger partial charge >= 0.3 is 7.60 Å². The topological polar surface area (TPSA) is 99.0 Å². The Morgan fingerprint density at radius 2 is 2.00 bits per heavy atom. The largest absolute Gasteiger partial charge is 0.393 e. The van der Waals surface area contributed by atoms with Crippen molar-refractivity contribution in [2.75, 3.05) is 13.7 Å². The van der Waals surface area contributed by atoms with E-state index < -0.39 is 25.9 Å². The Bertz CT molecular complexity index is 255. The van der Waals surface area contributed by atoms with Crippen molar-refractivity contribution >= 4 is 7.60 Å². The summed E-state index contributed by atoms with van der Waals surface area (Å²) in [5, 5.41) is 21.9. The molecule has 7 heteroatoms. The van der Waals surface area contributed by atoms with Crippen LogP contribution in [0.25, 0.3) is 0 Å². The lowest BCUT2D eigenvalue weighted by atomic mass is 9.88. The van der Waals surface area contributed by atoms with E-state index in [-0.39, 0.29) is 12.5 Å². The minimum Gasteiger partial charge on any atom is -0.393 e. The molecule has 0 aromatic carbocycles. The highest BCUT2D eigenvalue weighted by Crippen LogP contribution is 2.41. The smallest absolute Gasteiger partial charge is 0.325 e. The summed E-state index contributed by atoms with van der Waals surface area (Å²) in [6.45, 7) is 1.08. The fourth-order valence-electron chi connectivity index (χ4n) is 1.86. The summed E-state index contributed by atoms with van der Waals surface area (Å²) in [5.74, 6) is 0. The van der Waals surface area contributed by atoms with Crippen LogP contribution >= 0.6 is 7.60 Å². The summed E-state index contributed by atoms with van der Waals surface area (Å²) >= 11 is 0. The average Bonchev–Trinajstić information content (AvgIpc) is 2.07. The number of likely N-dealkylation sites (N-methyl/N-ethyl adjacent to an activating group) is 1. The molecule has 4 N–H and O–H groups in total. The molecule has 1 aliphatic rings. The standard InChI is InChI=1S/C8H18NO5P/c1-9-6-3-5(10)4-7(11)8(6)14-15(2,12)13/h5-11H,3-4H2,1-2H3,(H,12,13)/t5-,6+,7+,8-/m0/s1. The van der Waals surface area contributed by atoms with Gasteiger partial charge in [-0.2, -0.15) is 0 Å². The zero-order valence-electron chi connectivity index (χ0n) is 8.83. The van der Waals surface area contributed by atoms with Gasteiger partial charge in [-0.3, -0.25) is 4.57 Å². The molecule has 1 rings (SSSR count). The van der Waals surface area contributed by atoms with Crippen molar-refractivity contribution < 1.29 is 24.2 Å². The lowest BCUT2D eigenvalue weighted by Crippen LogP contribution is -2.52. The third-order valence-corrected chi connectivity index (χ3v) is 3.14. The van der Waals surface area contributed by atoms with Crippen LogP contribution in [-0.4, -0.2) is 53.2 Å². The minimum absolute atomic E-state index is 0.169. The highest BCUT2D eigenvalue weighted by atomic mass is 31.2. The van der Waals surface area contributed by atoms with E-state index in [0.717, 1.165) is 6.66 Å². The quantitative estimate of drug-likeness (QED) is 0.486. The van der Waals surface area contributed by atoms with Crippen LogP contribution in [0.15, 0.2) is 0 Å². The van der Waals surface area contributed by atoms with Gasteiger partial charge in [-0.05, 0) is 13.5 Å². The van der Waals surface area contributed by atoms with Gasteiger partial charge in [-0.15, -0.1) is 0 Å². The molecule has 1 saturated carbocycles. The van der Waals surface area contributed by atoms with Gasteiger partial charge in [0.2, 0.25) is 0 Å². The molecule has 0 amide bonds. The van der Waals surface area contributed by atoms with Crippen LogP contribution in [0.2, 0.25) is 0 Å². The molecule has 0 radical (unpaired) electrons. The van der Waals surface area contributed by atoms with E-state index in [0.29, 0.717) is 6.42 Å². The second-order valence-corrected chi connectivity index (χ2v) is 5.78. The predicted octanol–water partition coefficient (Wildman–Crippen LogP) is -0.710. The van der Waals surface area contributed by atoms with Crippen LogP contribution in [0.1, 0.15) is 12.8 Å². The number of aliphatic hydroxyl groups is 2. The molecule has 0 aromatic heterocycles. The molecule has 0 spiro atoms. The molecule has 1 fully saturated rings. The van der Waals surface area contributed by atoms with Crippen molar-refractivity contribution in [3.05, 3.63) is 0 Å². The van der Waals surface area contributed by atoms with Crippen LogP contribution in [0, 0.1) is 0 Å². The third kappa shape index (κ3) is 3.83. The summed E-state index contributed by atoms with van der Waals surface area (Å²) in [5.41, 5.74) is 0. The molecule has 0 saturated heterocycles. The van der Waals surface area contributed by atoms with Crippen molar-refractivity contribution in [1.29, 1.82) is 0 Å². The average molecular weight is 239 g/mol. The van der Waals surface area contributed by atoms with Gasteiger partial charge in [-0.1, -0.05) is 0 Å². The van der Waals surface area contributed by atoms with Gasteiger partial charge in [0.15, 0.2) is 0 Å². The monoisotopic (exact) mass is 239 g/mol. The molecule has 1 aliphatic carbocycles. The van der Waals surface area contributed by atoms with Gasteiger partial charge in [-0.25, -0.2) is 0 Å². The zero-order valence-corrected chi connectivity index (χ0v) is 9.72. The molecule has 15 heavy (non-hydrogen) atoms. The Hall–Kier alpha value is 0.0300. The molecule has 0 heterocycles. The Balaban J connectivity index is 2.70. The SMILES string of the molecule is CN[C@@H]1C[C@H](O)C[C@@H](O)[C@H]1OP(C)(=O)O. The first-order valence-corrected chi connectivity index (χ1v) is 6.88. The number of rotatable bonds is 3. The fourth-order valence-corrected chi connectivity index (χ4v) is 2.60. The molecule has 0 aromatic rings. The van der Waals surface area contributed by atoms with E-state index in [1.54, 1.807) is 7.05 Å². The third-order valence-electron chi connectivity index (χ3n) is 2.50. The second-order valence-electron chi connectivity index (χ2n) is 3.96. The highest BCUT2D eigenvalue weighted by Gasteiger charge is 2.39. The molecule has 90 valence electrons. The first-order chi connectivity index (χ1) is 6.83. The maximum atomic E-state index is 11.1. The molecule has 0 aliphatic heterocycles. The van der Waals surface area contributed by atoms with E-state index in [1.807, 2.05) is 0 Å². The lowest BCUT2D eigenvalue weighted by molar-refractivity contribution is -0.0579. The van der Waals surface area contributed by atoms with Crippen LogP contribution in [0.5, 0.6) is 0 Å². The normalized spacial score (nSPS) is 41.1. The fraction of sp³-hybridized carbons (Fsp3) is 1.00. The molecule has 6 nitrogen and oxygen atoms in total. The molecule has 1 unspecified atom stereocenters. The summed E-state index contributed by atoms with van der Waals surface area (Å²) in [4.78, 5) is 9.10. The molecule has 0 bridgehead atoms. The highest BCUT2D eigenvalue weighted by molar-refractivity contribution is 7.51. The van der Waals surface area contributed by atoms with Crippen LogP contribution in [0.3, 0.4) is 0 Å². The van der Waals surface area contributed by atoms with Crippen molar-refractivity contribution in [3.8, 4) is 0 Å². The minimum atomic E-state index is -3.62. The Morgan fingerprint density at radius 1 is 1.40 bits per heavy atom. The Kier molecular flexibility index (Phi) is 4.29. The van der Waals surface area contributed by atoms with E-state index >= 15 is 0 Å². The van der Waals surface area contributed by atoms with Crippen molar-refractivity contribution in [1.82, 2.24) is 5.32 Å². The number of hydrogen-bond donors (Lipinski definition) is 4. The summed E-state index contributed by atoms with van der Waals surface area (Å²) in [6.07, 6.45) is -1.71. The molecular formula is C8H18NO5P. The van der Waals surface area contributed by atoms with Gasteiger partial charge in [0.1, 0.15) is 6.10 Å². The van der Waals surface area contributed by atoms with E-state index in [9.17, 15) is 14.8 Å². The summed E-state index contributed by atoms with van der Waals surface area (Å²) < 4.78 is 16.0. The van der Waals surface area contributed by atoms with Crippen LogP contribution in [0.4, 0.5) is 0 Å². The van der Waals surface area contributed by atoms with Gasteiger partial charge < -0.3 is 24.9 Å². The van der Waals surface area contributed by atoms with Crippen molar-refractivity contribution in [3.63, 3.8) is 0 Å². The Morgan fingerprint density at radius 3 is 2.47 bits per heavy atom. The van der Waals surface area contributed by atoms with Crippen LogP contribution in [-0.2, 0) is 9.09 Å². The lowest BCUT2D eigenvalue weighted by Gasteiger charge is -2.37. The van der Waals surface area contributed by atoms with E-state index in [4.69, 9.17) is 9.42 Å². The van der Waals surface area contributed by atoms with E-state index in [2.05, 4.69) is 5.32 Å². The number of hydrogen-bond acceptors (Lipinski definition) is 5. The van der Waals surface area contributed by atoms with Crippen molar-refractivity contribution in [2.24, 2.45) is 0 Å².